The smallest absolute Gasteiger partial charge is 0.195 e. The fourth-order valence-corrected chi connectivity index (χ4v) is 3.54. The lowest BCUT2D eigenvalue weighted by Gasteiger charge is -1.99. The van der Waals surface area contributed by atoms with Crippen molar-refractivity contribution in [2.45, 2.75) is 6.67 Å². The number of halogens is 1. The van der Waals surface area contributed by atoms with Gasteiger partial charge >= 0.3 is 0 Å². The Hall–Kier alpha value is -2.34. The summed E-state index contributed by atoms with van der Waals surface area (Å²) < 4.78 is 15.6. The average Bonchev–Trinajstić information content (AvgIpc) is 3.01. The normalized spacial score (nSPS) is 11.7. The highest BCUT2D eigenvalue weighted by molar-refractivity contribution is 7.24. The van der Waals surface area contributed by atoms with Crippen molar-refractivity contribution in [1.82, 2.24) is 9.38 Å². The van der Waals surface area contributed by atoms with Crippen LogP contribution in [0.5, 0.6) is 0 Å². The Morgan fingerprint density at radius 2 is 2.10 bits per heavy atom. The van der Waals surface area contributed by atoms with Crippen molar-refractivity contribution in [2.24, 2.45) is 5.18 Å². The molecule has 2 aromatic carbocycles. The quantitative estimate of drug-likeness (QED) is 0.506. The van der Waals surface area contributed by atoms with Gasteiger partial charge in [0.2, 0.25) is 0 Å². The Bertz CT molecular complexity index is 973. The van der Waals surface area contributed by atoms with Crippen LogP contribution in [0.15, 0.2) is 41.6 Å². The molecule has 0 atom stereocenters. The van der Waals surface area contributed by atoms with E-state index < -0.39 is 6.67 Å². The minimum Gasteiger partial charge on any atom is -0.283 e. The molecule has 0 aliphatic carbocycles. The molecule has 98 valence electrons. The van der Waals surface area contributed by atoms with Crippen molar-refractivity contribution < 1.29 is 4.39 Å². The third-order valence-corrected chi connectivity index (χ3v) is 4.41. The molecule has 20 heavy (non-hydrogen) atoms. The number of para-hydroxylation sites is 2. The van der Waals surface area contributed by atoms with Crippen LogP contribution in [-0.2, 0) is 6.67 Å². The first-order valence-electron chi connectivity index (χ1n) is 6.04. The van der Waals surface area contributed by atoms with Gasteiger partial charge < -0.3 is 0 Å². The van der Waals surface area contributed by atoms with E-state index in [0.29, 0.717) is 5.56 Å². The Morgan fingerprint density at radius 3 is 2.90 bits per heavy atom. The maximum atomic E-state index is 13.0. The van der Waals surface area contributed by atoms with Gasteiger partial charge in [-0.15, -0.1) is 4.91 Å². The van der Waals surface area contributed by atoms with E-state index in [1.165, 1.54) is 17.4 Å². The summed E-state index contributed by atoms with van der Waals surface area (Å²) in [5.74, 6) is 0. The van der Waals surface area contributed by atoms with E-state index in [1.807, 2.05) is 28.7 Å². The zero-order valence-corrected chi connectivity index (χ0v) is 11.0. The third kappa shape index (κ3) is 1.42. The van der Waals surface area contributed by atoms with Crippen LogP contribution in [0.25, 0.3) is 26.2 Å². The number of fused-ring (bicyclic) bond motifs is 5. The second kappa shape index (κ2) is 4.08. The highest BCUT2D eigenvalue weighted by Gasteiger charge is 2.15. The fourth-order valence-electron chi connectivity index (χ4n) is 2.47. The first-order chi connectivity index (χ1) is 9.81. The van der Waals surface area contributed by atoms with Gasteiger partial charge in [-0.1, -0.05) is 23.5 Å². The summed E-state index contributed by atoms with van der Waals surface area (Å²) in [4.78, 5) is 16.3. The van der Waals surface area contributed by atoms with Gasteiger partial charge in [0.05, 0.1) is 21.3 Å². The average molecular weight is 285 g/mol. The molecule has 0 unspecified atom stereocenters. The monoisotopic (exact) mass is 285 g/mol. The van der Waals surface area contributed by atoms with Gasteiger partial charge in [0.15, 0.2) is 4.96 Å². The fraction of sp³-hybridized carbons (Fsp3) is 0.0714. The zero-order chi connectivity index (χ0) is 13.7. The largest absolute Gasteiger partial charge is 0.283 e. The highest BCUT2D eigenvalue weighted by atomic mass is 32.1. The molecule has 0 spiro atoms. The van der Waals surface area contributed by atoms with E-state index in [4.69, 9.17) is 0 Å². The van der Waals surface area contributed by atoms with Gasteiger partial charge in [-0.2, -0.15) is 0 Å². The summed E-state index contributed by atoms with van der Waals surface area (Å²) in [7, 11) is 0. The van der Waals surface area contributed by atoms with Crippen molar-refractivity contribution in [3.05, 3.63) is 46.9 Å². The molecule has 4 aromatic rings. The summed E-state index contributed by atoms with van der Waals surface area (Å²) >= 11 is 1.39. The maximum Gasteiger partial charge on any atom is 0.195 e. The number of alkyl halides is 1. The molecule has 6 heteroatoms. The van der Waals surface area contributed by atoms with E-state index >= 15 is 0 Å². The number of rotatable bonds is 2. The van der Waals surface area contributed by atoms with Crippen LogP contribution in [0.3, 0.4) is 0 Å². The number of nitrogens with zero attached hydrogens (tertiary/aromatic N) is 3. The number of aromatic nitrogens is 2. The van der Waals surface area contributed by atoms with Crippen molar-refractivity contribution in [1.29, 1.82) is 0 Å². The molecule has 0 fully saturated rings. The number of hydrogen-bond acceptors (Lipinski definition) is 4. The lowest BCUT2D eigenvalue weighted by Crippen LogP contribution is -1.84. The minimum absolute atomic E-state index is 0.273. The second-order valence-corrected chi connectivity index (χ2v) is 5.49. The zero-order valence-electron chi connectivity index (χ0n) is 10.2. The predicted molar refractivity (Wildman–Crippen MR) is 78.3 cm³/mol. The minimum atomic E-state index is -0.623. The van der Waals surface area contributed by atoms with E-state index in [-0.39, 0.29) is 5.69 Å². The molecule has 0 aliphatic heterocycles. The van der Waals surface area contributed by atoms with Gasteiger partial charge in [-0.3, -0.25) is 4.40 Å². The summed E-state index contributed by atoms with van der Waals surface area (Å²) in [6.45, 7) is -0.623. The number of imidazole rings is 1. The maximum absolute atomic E-state index is 13.0. The molecule has 0 N–H and O–H groups in total. The number of hydrogen-bond donors (Lipinski definition) is 0. The Labute approximate surface area is 116 Å². The topological polar surface area (TPSA) is 46.7 Å². The number of thiazole rings is 1. The van der Waals surface area contributed by atoms with Crippen LogP contribution in [0.4, 0.5) is 10.1 Å². The van der Waals surface area contributed by atoms with E-state index in [9.17, 15) is 9.30 Å². The molecule has 0 saturated heterocycles. The highest BCUT2D eigenvalue weighted by Crippen LogP contribution is 2.37. The van der Waals surface area contributed by atoms with Crippen molar-refractivity contribution in [2.75, 3.05) is 0 Å². The molecule has 0 amide bonds. The molecular weight excluding hydrogens is 277 g/mol. The molecule has 2 aromatic heterocycles. The van der Waals surface area contributed by atoms with E-state index in [2.05, 4.69) is 10.2 Å². The summed E-state index contributed by atoms with van der Waals surface area (Å²) in [6, 6.07) is 11.0. The van der Waals surface area contributed by atoms with E-state index in [0.717, 1.165) is 26.2 Å². The summed E-state index contributed by atoms with van der Waals surface area (Å²) in [5, 5.41) is 3.01. The molecule has 0 aliphatic rings. The SMILES string of the molecule is O=Nc1cc(CF)cc2c1sc1nc3ccccc3n12. The third-order valence-electron chi connectivity index (χ3n) is 3.33. The van der Waals surface area contributed by atoms with Crippen LogP contribution in [-0.4, -0.2) is 9.38 Å². The first kappa shape index (κ1) is 11.5. The second-order valence-electron chi connectivity index (χ2n) is 4.51. The van der Waals surface area contributed by atoms with Crippen LogP contribution < -0.4 is 0 Å². The molecule has 0 saturated carbocycles. The molecule has 0 bridgehead atoms. The van der Waals surface area contributed by atoms with Gasteiger partial charge in [-0.05, 0) is 35.0 Å². The van der Waals surface area contributed by atoms with Crippen LogP contribution in [0.1, 0.15) is 5.56 Å². The van der Waals surface area contributed by atoms with Crippen LogP contribution in [0.2, 0.25) is 0 Å². The molecule has 4 nitrogen and oxygen atoms in total. The first-order valence-corrected chi connectivity index (χ1v) is 6.85. The lowest BCUT2D eigenvalue weighted by atomic mass is 10.2. The Balaban J connectivity index is 2.26. The van der Waals surface area contributed by atoms with Crippen molar-refractivity contribution >= 4 is 43.2 Å². The number of nitroso groups, excluding NO2 is 1. The van der Waals surface area contributed by atoms with Crippen molar-refractivity contribution in [3.63, 3.8) is 0 Å². The van der Waals surface area contributed by atoms with Crippen molar-refractivity contribution in [3.8, 4) is 0 Å². The standard InChI is InChI=1S/C14H8FN3OS/c15-7-8-5-10(17-19)13-12(6-8)18-11-4-2-1-3-9(11)16-14(18)20-13/h1-6H,7H2. The van der Waals surface area contributed by atoms with Gasteiger partial charge in [0.1, 0.15) is 12.4 Å². The van der Waals surface area contributed by atoms with Gasteiger partial charge in [0.25, 0.3) is 0 Å². The van der Waals surface area contributed by atoms with Crippen LogP contribution >= 0.6 is 11.3 Å². The van der Waals surface area contributed by atoms with Gasteiger partial charge in [-0.25, -0.2) is 9.37 Å². The Kier molecular flexibility index (Phi) is 2.34. The molecule has 0 radical (unpaired) electrons. The molecule has 2 heterocycles. The molecule has 4 rings (SSSR count). The number of benzene rings is 2. The predicted octanol–water partition coefficient (Wildman–Crippen LogP) is 4.57. The Morgan fingerprint density at radius 1 is 1.25 bits per heavy atom. The van der Waals surface area contributed by atoms with E-state index in [1.54, 1.807) is 6.07 Å². The van der Waals surface area contributed by atoms with Crippen LogP contribution in [0, 0.1) is 4.91 Å². The lowest BCUT2D eigenvalue weighted by molar-refractivity contribution is 0.485. The summed E-state index contributed by atoms with van der Waals surface area (Å²) in [5.41, 5.74) is 3.33. The van der Waals surface area contributed by atoms with Gasteiger partial charge in [0, 0.05) is 0 Å². The molecular formula is C14H8FN3OS. The summed E-state index contributed by atoms with van der Waals surface area (Å²) in [6.07, 6.45) is 0.